The van der Waals surface area contributed by atoms with Crippen LogP contribution >= 0.6 is 0 Å². The van der Waals surface area contributed by atoms with Crippen LogP contribution in [0.15, 0.2) is 36.4 Å². The molecule has 0 amide bonds. The van der Waals surface area contributed by atoms with Gasteiger partial charge in [0.25, 0.3) is 0 Å². The summed E-state index contributed by atoms with van der Waals surface area (Å²) in [5, 5.41) is 0. The van der Waals surface area contributed by atoms with Crippen LogP contribution in [0.5, 0.6) is 5.75 Å². The Bertz CT molecular complexity index is 1450. The number of halogens is 8. The molecular weight excluding hydrogens is 588 g/mol. The molecule has 0 aliphatic heterocycles. The minimum atomic E-state index is -5.00. The molecule has 2 aliphatic carbocycles. The van der Waals surface area contributed by atoms with Crippen LogP contribution in [0.4, 0.5) is 35.1 Å². The van der Waals surface area contributed by atoms with Gasteiger partial charge in [0.1, 0.15) is 23.3 Å². The van der Waals surface area contributed by atoms with Gasteiger partial charge in [-0.15, -0.1) is 13.2 Å². The van der Waals surface area contributed by atoms with E-state index in [0.717, 1.165) is 25.0 Å². The Balaban J connectivity index is 1.21. The maximum atomic E-state index is 15.8. The molecule has 0 aromatic heterocycles. The summed E-state index contributed by atoms with van der Waals surface area (Å²) in [6.45, 7) is 2.02. The number of hydrogen-bond donors (Lipinski definition) is 0. The lowest BCUT2D eigenvalue weighted by Gasteiger charge is -2.32. The molecule has 0 N–H and O–H groups in total. The number of unbranched alkanes of at least 4 members (excludes halogenated alkanes) is 1. The standard InChI is InChI=1S/C35H36F8O/c1-2-3-4-21-16-28(36)27(29(37)17-21)13-6-20-5-12-26-25(15-20)19-31(39)33(34(26)40)23-9-7-22(8-10-23)24-11-14-32(30(38)18-24)44-35(41,42)43/h11,14,16-20,22-23H,2-10,12-13,15H2,1H3. The second-order valence-corrected chi connectivity index (χ2v) is 12.3. The Morgan fingerprint density at radius 2 is 1.45 bits per heavy atom. The molecular formula is C35H36F8O. The van der Waals surface area contributed by atoms with Gasteiger partial charge in [0.15, 0.2) is 11.6 Å². The summed E-state index contributed by atoms with van der Waals surface area (Å²) >= 11 is 0. The molecule has 1 nitrogen and oxygen atoms in total. The summed E-state index contributed by atoms with van der Waals surface area (Å²) in [5.74, 6) is -4.68. The van der Waals surface area contributed by atoms with Gasteiger partial charge in [-0.1, -0.05) is 19.4 Å². The molecule has 5 rings (SSSR count). The summed E-state index contributed by atoms with van der Waals surface area (Å²) in [4.78, 5) is 0. The van der Waals surface area contributed by atoms with Crippen LogP contribution < -0.4 is 4.74 Å². The molecule has 1 atom stereocenters. The van der Waals surface area contributed by atoms with Crippen LogP contribution in [0.2, 0.25) is 0 Å². The van der Waals surface area contributed by atoms with Crippen LogP contribution in [-0.4, -0.2) is 6.36 Å². The Labute approximate surface area is 252 Å². The van der Waals surface area contributed by atoms with Crippen molar-refractivity contribution in [1.82, 2.24) is 0 Å². The first-order chi connectivity index (χ1) is 20.9. The molecule has 0 spiro atoms. The number of hydrogen-bond acceptors (Lipinski definition) is 1. The zero-order valence-electron chi connectivity index (χ0n) is 24.6. The van der Waals surface area contributed by atoms with E-state index in [1.807, 2.05) is 6.92 Å². The Hall–Kier alpha value is -3.10. The van der Waals surface area contributed by atoms with Crippen molar-refractivity contribution in [2.45, 2.75) is 102 Å². The molecule has 1 fully saturated rings. The summed E-state index contributed by atoms with van der Waals surface area (Å²) < 4.78 is 116. The molecule has 0 bridgehead atoms. The molecule has 44 heavy (non-hydrogen) atoms. The first kappa shape index (κ1) is 32.3. The first-order valence-corrected chi connectivity index (χ1v) is 15.4. The lowest BCUT2D eigenvalue weighted by Crippen LogP contribution is -2.21. The van der Waals surface area contributed by atoms with E-state index in [-0.39, 0.29) is 35.3 Å². The zero-order chi connectivity index (χ0) is 31.6. The van der Waals surface area contributed by atoms with E-state index in [4.69, 9.17) is 0 Å². The second-order valence-electron chi connectivity index (χ2n) is 12.3. The average molecular weight is 625 g/mol. The predicted molar refractivity (Wildman–Crippen MR) is 152 cm³/mol. The van der Waals surface area contributed by atoms with Crippen LogP contribution in [0, 0.1) is 35.0 Å². The number of aryl methyl sites for hydroxylation is 1. The van der Waals surface area contributed by atoms with E-state index in [0.29, 0.717) is 80.0 Å². The minimum Gasteiger partial charge on any atom is -0.403 e. The van der Waals surface area contributed by atoms with Crippen LogP contribution in [0.1, 0.15) is 104 Å². The monoisotopic (exact) mass is 624 g/mol. The summed E-state index contributed by atoms with van der Waals surface area (Å²) in [6, 6.07) is 7.62. The zero-order valence-corrected chi connectivity index (χ0v) is 24.6. The van der Waals surface area contributed by atoms with Gasteiger partial charge in [-0.2, -0.15) is 0 Å². The van der Waals surface area contributed by atoms with Crippen molar-refractivity contribution in [1.29, 1.82) is 0 Å². The predicted octanol–water partition coefficient (Wildman–Crippen LogP) is 10.8. The molecule has 238 valence electrons. The van der Waals surface area contributed by atoms with E-state index in [9.17, 15) is 26.3 Å². The largest absolute Gasteiger partial charge is 0.573 e. The summed E-state index contributed by atoms with van der Waals surface area (Å²) in [7, 11) is 0. The van der Waals surface area contributed by atoms with E-state index < -0.39 is 41.2 Å². The van der Waals surface area contributed by atoms with Crippen LogP contribution in [-0.2, 0) is 25.7 Å². The van der Waals surface area contributed by atoms with E-state index in [1.165, 1.54) is 24.3 Å². The van der Waals surface area contributed by atoms with E-state index in [2.05, 4.69) is 4.74 Å². The highest BCUT2D eigenvalue weighted by Crippen LogP contribution is 2.44. The normalized spacial score (nSPS) is 20.4. The van der Waals surface area contributed by atoms with Crippen molar-refractivity contribution in [2.24, 2.45) is 5.92 Å². The van der Waals surface area contributed by atoms with Crippen molar-refractivity contribution in [3.63, 3.8) is 0 Å². The van der Waals surface area contributed by atoms with Gasteiger partial charge >= 0.3 is 6.36 Å². The second kappa shape index (κ2) is 13.5. The quantitative estimate of drug-likeness (QED) is 0.215. The van der Waals surface area contributed by atoms with E-state index in [1.54, 1.807) is 0 Å². The molecule has 1 saturated carbocycles. The number of benzene rings is 3. The van der Waals surface area contributed by atoms with Gasteiger partial charge in [0.2, 0.25) is 0 Å². The fourth-order valence-corrected chi connectivity index (χ4v) is 7.02. The Morgan fingerprint density at radius 3 is 2.09 bits per heavy atom. The molecule has 0 heterocycles. The average Bonchev–Trinajstić information content (AvgIpc) is 2.96. The van der Waals surface area contributed by atoms with Crippen molar-refractivity contribution >= 4 is 0 Å². The van der Waals surface area contributed by atoms with E-state index >= 15 is 8.78 Å². The van der Waals surface area contributed by atoms with Crippen LogP contribution in [0.3, 0.4) is 0 Å². The molecule has 3 aromatic carbocycles. The van der Waals surface area contributed by atoms with Gasteiger partial charge in [-0.3, -0.25) is 0 Å². The molecule has 0 saturated heterocycles. The number of fused-ring (bicyclic) bond motifs is 1. The number of ether oxygens (including phenoxy) is 1. The third-order valence-electron chi connectivity index (χ3n) is 9.37. The van der Waals surface area contributed by atoms with Gasteiger partial charge < -0.3 is 4.74 Å². The van der Waals surface area contributed by atoms with Gasteiger partial charge in [-0.25, -0.2) is 22.0 Å². The molecule has 1 unspecified atom stereocenters. The van der Waals surface area contributed by atoms with Crippen molar-refractivity contribution in [3.05, 3.63) is 98.9 Å². The number of alkyl halides is 3. The molecule has 3 aromatic rings. The maximum absolute atomic E-state index is 15.8. The maximum Gasteiger partial charge on any atom is 0.573 e. The summed E-state index contributed by atoms with van der Waals surface area (Å²) in [5.41, 5.74) is 2.40. The van der Waals surface area contributed by atoms with Crippen molar-refractivity contribution < 1.29 is 39.9 Å². The van der Waals surface area contributed by atoms with Gasteiger partial charge in [0.05, 0.1) is 0 Å². The van der Waals surface area contributed by atoms with Gasteiger partial charge in [-0.05, 0) is 141 Å². The van der Waals surface area contributed by atoms with Crippen molar-refractivity contribution in [3.8, 4) is 5.75 Å². The highest BCUT2D eigenvalue weighted by atomic mass is 19.4. The SMILES string of the molecule is CCCCc1cc(F)c(CCC2CCc3c(cc(F)c(C4CCC(c5ccc(OC(F)(F)F)c(F)c5)CC4)c3F)C2)c(F)c1. The highest BCUT2D eigenvalue weighted by molar-refractivity contribution is 5.40. The first-order valence-electron chi connectivity index (χ1n) is 15.4. The molecule has 0 radical (unpaired) electrons. The lowest BCUT2D eigenvalue weighted by atomic mass is 9.74. The third kappa shape index (κ3) is 7.40. The Morgan fingerprint density at radius 1 is 0.773 bits per heavy atom. The fourth-order valence-electron chi connectivity index (χ4n) is 7.02. The topological polar surface area (TPSA) is 9.23 Å². The summed E-state index contributed by atoms with van der Waals surface area (Å²) in [6.07, 6.45) is 1.58. The highest BCUT2D eigenvalue weighted by Gasteiger charge is 2.34. The lowest BCUT2D eigenvalue weighted by molar-refractivity contribution is -0.275. The third-order valence-corrected chi connectivity index (χ3v) is 9.37. The number of rotatable bonds is 9. The molecule has 9 heteroatoms. The molecule has 2 aliphatic rings. The smallest absolute Gasteiger partial charge is 0.403 e. The van der Waals surface area contributed by atoms with Crippen molar-refractivity contribution in [2.75, 3.05) is 0 Å². The fraction of sp³-hybridized carbons (Fsp3) is 0.486. The van der Waals surface area contributed by atoms with Gasteiger partial charge in [0, 0.05) is 11.1 Å². The van der Waals surface area contributed by atoms with Crippen LogP contribution in [0.25, 0.3) is 0 Å². The minimum absolute atomic E-state index is 0.0504. The Kier molecular flexibility index (Phi) is 9.90.